The van der Waals surface area contributed by atoms with Crippen molar-refractivity contribution < 1.29 is 4.84 Å². The van der Waals surface area contributed by atoms with E-state index in [1.807, 2.05) is 0 Å². The Kier molecular flexibility index (Phi) is 4.11. The van der Waals surface area contributed by atoms with Gasteiger partial charge in [-0.15, -0.1) is 0 Å². The Morgan fingerprint density at radius 3 is 2.12 bits per heavy atom. The van der Waals surface area contributed by atoms with E-state index >= 15 is 0 Å². The Morgan fingerprint density at radius 2 is 1.54 bits per heavy atom. The largest absolute Gasteiger partial charge is 0.395 e. The first-order valence-electron chi connectivity index (χ1n) is 8.79. The average molecular weight is 320 g/mol. The van der Waals surface area contributed by atoms with E-state index in [-0.39, 0.29) is 0 Å². The van der Waals surface area contributed by atoms with Gasteiger partial charge in [0.2, 0.25) is 0 Å². The number of fused-ring (bicyclic) bond motifs is 5. The third kappa shape index (κ3) is 2.84. The summed E-state index contributed by atoms with van der Waals surface area (Å²) in [7, 11) is 4.16. The minimum absolute atomic E-state index is 0.642. The number of benzene rings is 2. The number of oxime groups is 1. The molecular weight excluding hydrogens is 296 g/mol. The van der Waals surface area contributed by atoms with Crippen molar-refractivity contribution in [3.05, 3.63) is 70.8 Å². The van der Waals surface area contributed by atoms with Gasteiger partial charge in [-0.2, -0.15) is 0 Å². The lowest BCUT2D eigenvalue weighted by atomic mass is 9.95. The number of hydrogen-bond donors (Lipinski definition) is 0. The lowest BCUT2D eigenvalue weighted by Gasteiger charge is -2.12. The normalized spacial score (nSPS) is 22.5. The monoisotopic (exact) mass is 320 g/mol. The molecule has 2 aromatic rings. The van der Waals surface area contributed by atoms with Crippen molar-refractivity contribution in [1.82, 2.24) is 4.90 Å². The Morgan fingerprint density at radius 1 is 0.958 bits per heavy atom. The Labute approximate surface area is 143 Å². The smallest absolute Gasteiger partial charge is 0.118 e. The zero-order valence-electron chi connectivity index (χ0n) is 14.4. The van der Waals surface area contributed by atoms with Gasteiger partial charge in [0, 0.05) is 17.7 Å². The molecule has 24 heavy (non-hydrogen) atoms. The van der Waals surface area contributed by atoms with Crippen LogP contribution in [0.25, 0.3) is 0 Å². The van der Waals surface area contributed by atoms with Crippen LogP contribution in [0.15, 0.2) is 53.7 Å². The molecule has 0 bridgehead atoms. The first-order chi connectivity index (χ1) is 11.8. The van der Waals surface area contributed by atoms with Gasteiger partial charge < -0.3 is 9.74 Å². The fourth-order valence-electron chi connectivity index (χ4n) is 3.75. The second kappa shape index (κ2) is 6.40. The van der Waals surface area contributed by atoms with Crippen molar-refractivity contribution in [2.45, 2.75) is 24.7 Å². The van der Waals surface area contributed by atoms with Crippen molar-refractivity contribution in [3.8, 4) is 0 Å². The van der Waals surface area contributed by atoms with E-state index < -0.39 is 0 Å². The average Bonchev–Trinajstić information content (AvgIpc) is 3.38. The number of rotatable bonds is 5. The van der Waals surface area contributed by atoms with Gasteiger partial charge in [0.1, 0.15) is 12.3 Å². The van der Waals surface area contributed by atoms with Gasteiger partial charge in [-0.05, 0) is 49.9 Å². The van der Waals surface area contributed by atoms with E-state index in [2.05, 4.69) is 72.7 Å². The van der Waals surface area contributed by atoms with Crippen molar-refractivity contribution in [3.63, 3.8) is 0 Å². The molecule has 3 nitrogen and oxygen atoms in total. The minimum atomic E-state index is 0.642. The summed E-state index contributed by atoms with van der Waals surface area (Å²) in [5.74, 6) is 1.28. The van der Waals surface area contributed by atoms with Gasteiger partial charge in [0.15, 0.2) is 0 Å². The molecule has 1 saturated carbocycles. The molecule has 1 fully saturated rings. The maximum absolute atomic E-state index is 5.70. The summed E-state index contributed by atoms with van der Waals surface area (Å²) in [5, 5.41) is 4.58. The predicted molar refractivity (Wildman–Crippen MR) is 97.7 cm³/mol. The first-order valence-corrected chi connectivity index (χ1v) is 8.79. The van der Waals surface area contributed by atoms with Gasteiger partial charge in [-0.25, -0.2) is 0 Å². The Bertz CT molecular complexity index is 712. The molecule has 0 aliphatic heterocycles. The maximum Gasteiger partial charge on any atom is 0.118 e. The highest BCUT2D eigenvalue weighted by Crippen LogP contribution is 2.58. The number of nitrogens with zero attached hydrogens (tertiary/aromatic N) is 2. The Balaban J connectivity index is 1.67. The van der Waals surface area contributed by atoms with Crippen LogP contribution in [-0.2, 0) is 4.84 Å². The van der Waals surface area contributed by atoms with E-state index in [0.717, 1.165) is 18.7 Å². The molecule has 0 aromatic heterocycles. The molecule has 0 N–H and O–H groups in total. The van der Waals surface area contributed by atoms with E-state index in [1.54, 1.807) is 0 Å². The van der Waals surface area contributed by atoms with Crippen LogP contribution in [-0.4, -0.2) is 37.9 Å². The molecule has 2 aliphatic carbocycles. The van der Waals surface area contributed by atoms with Crippen LogP contribution in [0.2, 0.25) is 0 Å². The second-order valence-electron chi connectivity index (χ2n) is 7.05. The molecule has 0 spiro atoms. The van der Waals surface area contributed by atoms with E-state index in [4.69, 9.17) is 4.84 Å². The molecule has 0 radical (unpaired) electrons. The topological polar surface area (TPSA) is 24.8 Å². The van der Waals surface area contributed by atoms with Crippen molar-refractivity contribution in [2.24, 2.45) is 5.16 Å². The van der Waals surface area contributed by atoms with Gasteiger partial charge in [-0.1, -0.05) is 53.7 Å². The predicted octanol–water partition coefficient (Wildman–Crippen LogP) is 3.99. The van der Waals surface area contributed by atoms with Crippen LogP contribution in [0.4, 0.5) is 0 Å². The minimum Gasteiger partial charge on any atom is -0.395 e. The molecule has 0 heterocycles. The zero-order chi connectivity index (χ0) is 16.5. The zero-order valence-corrected chi connectivity index (χ0v) is 14.4. The molecule has 2 aromatic carbocycles. The summed E-state index contributed by atoms with van der Waals surface area (Å²) in [6.45, 7) is 1.67. The third-order valence-electron chi connectivity index (χ3n) is 5.02. The summed E-state index contributed by atoms with van der Waals surface area (Å²) in [4.78, 5) is 7.87. The Hall–Kier alpha value is -2.13. The molecule has 3 heteroatoms. The fraction of sp³-hybridized carbons (Fsp3) is 0.381. The quantitative estimate of drug-likeness (QED) is 0.614. The van der Waals surface area contributed by atoms with Crippen molar-refractivity contribution >= 4 is 5.71 Å². The summed E-state index contributed by atoms with van der Waals surface area (Å²) < 4.78 is 0. The van der Waals surface area contributed by atoms with Crippen LogP contribution in [0.5, 0.6) is 0 Å². The van der Waals surface area contributed by atoms with Crippen LogP contribution >= 0.6 is 0 Å². The van der Waals surface area contributed by atoms with E-state index in [9.17, 15) is 0 Å². The molecular formula is C21H24N2O. The lowest BCUT2D eigenvalue weighted by molar-refractivity contribution is 0.135. The van der Waals surface area contributed by atoms with Gasteiger partial charge in [-0.3, -0.25) is 0 Å². The highest BCUT2D eigenvalue weighted by atomic mass is 16.6. The van der Waals surface area contributed by atoms with Crippen molar-refractivity contribution in [2.75, 3.05) is 27.2 Å². The van der Waals surface area contributed by atoms with E-state index in [1.165, 1.54) is 28.7 Å². The third-order valence-corrected chi connectivity index (χ3v) is 5.02. The summed E-state index contributed by atoms with van der Waals surface area (Å²) in [6.07, 6.45) is 2.24. The molecule has 0 amide bonds. The molecule has 0 saturated heterocycles. The van der Waals surface area contributed by atoms with Gasteiger partial charge in [0.05, 0.1) is 0 Å². The van der Waals surface area contributed by atoms with Crippen LogP contribution < -0.4 is 0 Å². The number of hydrogen-bond acceptors (Lipinski definition) is 3. The van der Waals surface area contributed by atoms with Crippen molar-refractivity contribution in [1.29, 1.82) is 0 Å². The maximum atomic E-state index is 5.70. The van der Waals surface area contributed by atoms with Gasteiger partial charge >= 0.3 is 0 Å². The molecule has 2 aliphatic rings. The van der Waals surface area contributed by atoms with Gasteiger partial charge in [0.25, 0.3) is 0 Å². The van der Waals surface area contributed by atoms with E-state index in [0.29, 0.717) is 18.4 Å². The molecule has 0 unspecified atom stereocenters. The highest BCUT2D eigenvalue weighted by molar-refractivity contribution is 6.15. The SMILES string of the molecule is CN(C)CCCON=C1c2ccccc2[C@H]2C[C@H]2c2ccccc21. The summed E-state index contributed by atoms with van der Waals surface area (Å²) in [5.41, 5.74) is 6.33. The fourth-order valence-corrected chi connectivity index (χ4v) is 3.75. The summed E-state index contributed by atoms with van der Waals surface area (Å²) >= 11 is 0. The molecule has 2 atom stereocenters. The summed E-state index contributed by atoms with van der Waals surface area (Å²) in [6, 6.07) is 17.4. The highest BCUT2D eigenvalue weighted by Gasteiger charge is 2.44. The second-order valence-corrected chi connectivity index (χ2v) is 7.05. The lowest BCUT2D eigenvalue weighted by Crippen LogP contribution is -2.14. The van der Waals surface area contributed by atoms with Crippen LogP contribution in [0.1, 0.15) is 46.9 Å². The first kappa shape index (κ1) is 15.4. The molecule has 124 valence electrons. The van der Waals surface area contributed by atoms with Crippen LogP contribution in [0.3, 0.4) is 0 Å². The standard InChI is InChI=1S/C21H24N2O/c1-23(2)12-7-13-24-22-21-17-10-5-3-8-15(17)19-14-20(19)16-9-4-6-11-18(16)21/h3-6,8-11,19-20H,7,12-14H2,1-2H3/t19-,20+. The van der Waals surface area contributed by atoms with Crippen LogP contribution in [0, 0.1) is 0 Å². The molecule has 4 rings (SSSR count).